The van der Waals surface area contributed by atoms with Crippen LogP contribution in [0.3, 0.4) is 0 Å². The molecule has 11 nitrogen and oxygen atoms in total. The zero-order chi connectivity index (χ0) is 31.9. The van der Waals surface area contributed by atoms with Crippen molar-refractivity contribution in [2.24, 2.45) is 0 Å². The predicted octanol–water partition coefficient (Wildman–Crippen LogP) is 4.78. The van der Waals surface area contributed by atoms with E-state index in [1.54, 1.807) is 12.3 Å². The van der Waals surface area contributed by atoms with E-state index in [9.17, 15) is 26.7 Å². The number of hydrogen-bond acceptors (Lipinski definition) is 9. The number of carbonyl (C=O) groups is 1. The molecule has 0 saturated carbocycles. The van der Waals surface area contributed by atoms with Crippen LogP contribution in [-0.4, -0.2) is 99.1 Å². The Labute approximate surface area is 254 Å². The first kappa shape index (κ1) is 30.4. The van der Waals surface area contributed by atoms with Crippen LogP contribution in [0.5, 0.6) is 5.75 Å². The molecular weight excluding hydrogens is 601 g/mol. The number of piperazine rings is 1. The van der Waals surface area contributed by atoms with Crippen LogP contribution in [0.25, 0.3) is 22.3 Å². The van der Waals surface area contributed by atoms with Crippen LogP contribution < -0.4 is 15.0 Å². The van der Waals surface area contributed by atoms with Crippen molar-refractivity contribution in [2.75, 3.05) is 56.6 Å². The van der Waals surface area contributed by atoms with Gasteiger partial charge >= 0.3 is 6.18 Å². The number of H-pyrrole nitrogens is 1. The van der Waals surface area contributed by atoms with Gasteiger partial charge in [-0.05, 0) is 36.8 Å². The van der Waals surface area contributed by atoms with Gasteiger partial charge in [0, 0.05) is 44.0 Å². The average molecular weight is 632 g/mol. The maximum Gasteiger partial charge on any atom is 0.397 e. The third-order valence-corrected chi connectivity index (χ3v) is 7.97. The Bertz CT molecular complexity index is 1700. The summed E-state index contributed by atoms with van der Waals surface area (Å²) in [6.07, 6.45) is -2.98. The van der Waals surface area contributed by atoms with E-state index in [4.69, 9.17) is 4.74 Å². The number of aromatic nitrogens is 5. The molecule has 3 aromatic heterocycles. The zero-order valence-corrected chi connectivity index (χ0v) is 24.4. The summed E-state index contributed by atoms with van der Waals surface area (Å²) in [5, 5.41) is 3.18. The number of nitrogens with one attached hydrogen (secondary N) is 2. The van der Waals surface area contributed by atoms with Crippen molar-refractivity contribution in [3.63, 3.8) is 0 Å². The molecule has 1 amide bonds. The summed E-state index contributed by atoms with van der Waals surface area (Å²) >= 11 is 0. The third-order valence-electron chi connectivity index (χ3n) is 7.97. The molecule has 5 heterocycles. The molecular formula is C29H30F5N9O2. The Balaban J connectivity index is 1.14. The lowest BCUT2D eigenvalue weighted by Gasteiger charge is -2.40. The molecule has 0 aliphatic carbocycles. The molecule has 1 atom stereocenters. The molecule has 238 valence electrons. The zero-order valence-electron chi connectivity index (χ0n) is 24.4. The number of fused-ring (bicyclic) bond motifs is 1. The van der Waals surface area contributed by atoms with E-state index >= 15 is 0 Å². The number of nitrogens with zero attached hydrogens (tertiary/aromatic N) is 7. The van der Waals surface area contributed by atoms with Crippen LogP contribution in [-0.2, 0) is 4.79 Å². The minimum absolute atomic E-state index is 0.0677. The fourth-order valence-electron chi connectivity index (χ4n) is 5.61. The number of carbonyl (C=O) groups excluding carboxylic acids is 1. The van der Waals surface area contributed by atoms with E-state index < -0.39 is 37.5 Å². The molecule has 0 bridgehead atoms. The van der Waals surface area contributed by atoms with Crippen molar-refractivity contribution in [1.29, 1.82) is 0 Å². The number of amides is 1. The molecule has 0 radical (unpaired) electrons. The van der Waals surface area contributed by atoms with E-state index in [0.717, 1.165) is 5.56 Å². The summed E-state index contributed by atoms with van der Waals surface area (Å²) < 4.78 is 70.4. The van der Waals surface area contributed by atoms with Gasteiger partial charge in [0.1, 0.15) is 24.3 Å². The summed E-state index contributed by atoms with van der Waals surface area (Å²) in [4.78, 5) is 37.5. The van der Waals surface area contributed by atoms with Crippen molar-refractivity contribution in [3.05, 3.63) is 48.4 Å². The van der Waals surface area contributed by atoms with Crippen molar-refractivity contribution in [2.45, 2.75) is 31.5 Å². The Morgan fingerprint density at radius 1 is 1.09 bits per heavy atom. The monoisotopic (exact) mass is 631 g/mol. The summed E-state index contributed by atoms with van der Waals surface area (Å²) in [5.41, 5.74) is 3.43. The number of halogens is 5. The number of pyridine rings is 1. The highest BCUT2D eigenvalue weighted by molar-refractivity contribution is 5.85. The normalized spacial score (nSPS) is 17.7. The fourth-order valence-corrected chi connectivity index (χ4v) is 5.61. The van der Waals surface area contributed by atoms with Crippen molar-refractivity contribution >= 4 is 34.5 Å². The second-order valence-electron chi connectivity index (χ2n) is 11.1. The standard InChI is InChI=1S/C29H30F5N9O2/c1-17(41-7-9-42(10-8-41)23(44)13-29(32,33)34)18-5-6-35-22(12-18)40-27-38-20-4-3-19(11-21(20)39-27)24-25(45-2)26(37-16-36-24)43-14-28(30,31)15-43/h3-6,11-12,16-17H,7-10,13-15H2,1-2H3,(H2,35,38,39,40). The smallest absolute Gasteiger partial charge is 0.397 e. The SMILES string of the molecule is COc1c(-c2ccc3nc(Nc4cc(C(C)N5CCN(C(=O)CC(F)(F)F)CC5)ccn4)[nH]c3c2)ncnc1N1CC(F)(F)C1. The van der Waals surface area contributed by atoms with Crippen LogP contribution in [0.4, 0.5) is 39.5 Å². The highest BCUT2D eigenvalue weighted by atomic mass is 19.4. The lowest BCUT2D eigenvalue weighted by molar-refractivity contribution is -0.162. The van der Waals surface area contributed by atoms with E-state index in [1.165, 1.54) is 23.2 Å². The van der Waals surface area contributed by atoms with Gasteiger partial charge in [-0.2, -0.15) is 13.2 Å². The fraction of sp³-hybridized carbons (Fsp3) is 0.414. The van der Waals surface area contributed by atoms with Gasteiger partial charge in [-0.1, -0.05) is 6.07 Å². The summed E-state index contributed by atoms with van der Waals surface area (Å²) in [5.74, 6) is -2.09. The average Bonchev–Trinajstić information content (AvgIpc) is 3.39. The molecule has 16 heteroatoms. The van der Waals surface area contributed by atoms with Gasteiger partial charge in [0.15, 0.2) is 11.6 Å². The summed E-state index contributed by atoms with van der Waals surface area (Å²) in [6, 6.07) is 9.11. The number of ether oxygens (including phenoxy) is 1. The Morgan fingerprint density at radius 3 is 2.53 bits per heavy atom. The van der Waals surface area contributed by atoms with Gasteiger partial charge < -0.3 is 24.8 Å². The molecule has 2 N–H and O–H groups in total. The molecule has 2 fully saturated rings. The predicted molar refractivity (Wildman–Crippen MR) is 156 cm³/mol. The number of alkyl halides is 5. The van der Waals surface area contributed by atoms with Gasteiger partial charge in [0.2, 0.25) is 11.9 Å². The van der Waals surface area contributed by atoms with Crippen LogP contribution in [0.2, 0.25) is 0 Å². The van der Waals surface area contributed by atoms with E-state index in [-0.39, 0.29) is 19.1 Å². The number of aromatic amines is 1. The Kier molecular flexibility index (Phi) is 7.93. The highest BCUT2D eigenvalue weighted by Gasteiger charge is 2.45. The van der Waals surface area contributed by atoms with Gasteiger partial charge in [-0.25, -0.2) is 28.7 Å². The quantitative estimate of drug-likeness (QED) is 0.265. The second-order valence-corrected chi connectivity index (χ2v) is 11.1. The first-order valence-corrected chi connectivity index (χ1v) is 14.2. The highest BCUT2D eigenvalue weighted by Crippen LogP contribution is 2.40. The summed E-state index contributed by atoms with van der Waals surface area (Å²) in [6.45, 7) is 2.47. The molecule has 1 aromatic carbocycles. The molecule has 6 rings (SSSR count). The molecule has 4 aromatic rings. The van der Waals surface area contributed by atoms with Crippen molar-refractivity contribution in [3.8, 4) is 17.0 Å². The topological polar surface area (TPSA) is 115 Å². The number of hydrogen-bond donors (Lipinski definition) is 2. The maximum atomic E-state index is 13.5. The largest absolute Gasteiger partial charge is 0.491 e. The minimum Gasteiger partial charge on any atom is -0.491 e. The molecule has 2 saturated heterocycles. The first-order chi connectivity index (χ1) is 21.4. The van der Waals surface area contributed by atoms with E-state index in [1.807, 2.05) is 31.2 Å². The van der Waals surface area contributed by atoms with Gasteiger partial charge in [0.25, 0.3) is 5.92 Å². The molecule has 45 heavy (non-hydrogen) atoms. The number of imidazole rings is 1. The van der Waals surface area contributed by atoms with Crippen molar-refractivity contribution < 1.29 is 31.5 Å². The molecule has 1 unspecified atom stereocenters. The molecule has 2 aliphatic heterocycles. The minimum atomic E-state index is -4.52. The van der Waals surface area contributed by atoms with Crippen LogP contribution in [0, 0.1) is 0 Å². The maximum absolute atomic E-state index is 13.5. The second kappa shape index (κ2) is 11.7. The Morgan fingerprint density at radius 2 is 1.84 bits per heavy atom. The van der Waals surface area contributed by atoms with E-state index in [2.05, 4.69) is 35.1 Å². The van der Waals surface area contributed by atoms with Gasteiger partial charge in [-0.15, -0.1) is 0 Å². The lowest BCUT2D eigenvalue weighted by atomic mass is 10.1. The van der Waals surface area contributed by atoms with Crippen molar-refractivity contribution in [1.82, 2.24) is 34.7 Å². The number of methoxy groups -OCH3 is 1. The molecule has 2 aliphatic rings. The third kappa shape index (κ3) is 6.60. The lowest BCUT2D eigenvalue weighted by Crippen LogP contribution is -2.56. The number of anilines is 3. The van der Waals surface area contributed by atoms with Crippen LogP contribution >= 0.6 is 0 Å². The van der Waals surface area contributed by atoms with E-state index in [0.29, 0.717) is 58.7 Å². The first-order valence-electron chi connectivity index (χ1n) is 14.2. The van der Waals surface area contributed by atoms with Crippen LogP contribution in [0.1, 0.15) is 24.9 Å². The Hall–Kier alpha value is -4.60. The number of benzene rings is 1. The number of rotatable bonds is 8. The summed E-state index contributed by atoms with van der Waals surface area (Å²) in [7, 11) is 1.45. The van der Waals surface area contributed by atoms with Crippen LogP contribution in [0.15, 0.2) is 42.9 Å². The van der Waals surface area contributed by atoms with Gasteiger partial charge in [0.05, 0.1) is 31.2 Å². The van der Waals surface area contributed by atoms with Gasteiger partial charge in [-0.3, -0.25) is 9.69 Å². The molecule has 0 spiro atoms.